The average molecular weight is 189 g/mol. The van der Waals surface area contributed by atoms with Crippen molar-refractivity contribution < 1.29 is 19.4 Å². The van der Waals surface area contributed by atoms with Crippen LogP contribution in [0.25, 0.3) is 0 Å². The molecule has 1 amide bonds. The number of ether oxygens (including phenoxy) is 1. The van der Waals surface area contributed by atoms with Gasteiger partial charge < -0.3 is 15.2 Å². The quantitative estimate of drug-likeness (QED) is 0.568. The molecule has 0 aliphatic heterocycles. The lowest BCUT2D eigenvalue weighted by atomic mass is 10.3. The predicted molar refractivity (Wildman–Crippen MR) is 45.9 cm³/mol. The number of carbonyl (C=O) groups excluding carboxylic acids is 2. The van der Waals surface area contributed by atoms with Crippen LogP contribution in [0.1, 0.15) is 20.3 Å². The van der Waals surface area contributed by atoms with Gasteiger partial charge in [0.25, 0.3) is 0 Å². The van der Waals surface area contributed by atoms with Crippen LogP contribution in [-0.2, 0) is 14.3 Å². The summed E-state index contributed by atoms with van der Waals surface area (Å²) in [6, 6.07) is -0.941. The van der Waals surface area contributed by atoms with Crippen LogP contribution in [0.4, 0.5) is 0 Å². The predicted octanol–water partition coefficient (Wildman–Crippen LogP) is -0.563. The second-order valence-electron chi connectivity index (χ2n) is 2.60. The molecule has 0 aliphatic rings. The Morgan fingerprint density at radius 3 is 2.54 bits per heavy atom. The number of amides is 1. The van der Waals surface area contributed by atoms with Crippen molar-refractivity contribution in [2.75, 3.05) is 13.2 Å². The van der Waals surface area contributed by atoms with Crippen molar-refractivity contribution in [3.05, 3.63) is 0 Å². The summed E-state index contributed by atoms with van der Waals surface area (Å²) in [6.45, 7) is 2.99. The molecule has 1 unspecified atom stereocenters. The Morgan fingerprint density at radius 1 is 1.54 bits per heavy atom. The Hall–Kier alpha value is -1.10. The van der Waals surface area contributed by atoms with E-state index < -0.39 is 18.6 Å². The van der Waals surface area contributed by atoms with Gasteiger partial charge in [0.1, 0.15) is 0 Å². The maximum atomic E-state index is 11.1. The molecule has 5 heteroatoms. The van der Waals surface area contributed by atoms with Crippen LogP contribution in [0.5, 0.6) is 0 Å². The third-order valence-corrected chi connectivity index (χ3v) is 1.29. The highest BCUT2D eigenvalue weighted by Crippen LogP contribution is 1.90. The second kappa shape index (κ2) is 6.42. The fraction of sp³-hybridized carbons (Fsp3) is 0.750. The summed E-state index contributed by atoms with van der Waals surface area (Å²) in [6.07, 6.45) is 0.712. The summed E-state index contributed by atoms with van der Waals surface area (Å²) in [5, 5.41) is 11.0. The summed E-state index contributed by atoms with van der Waals surface area (Å²) in [5.74, 6) is -0.966. The number of hydrogen-bond acceptors (Lipinski definition) is 4. The molecule has 0 saturated carbocycles. The molecule has 0 aliphatic carbocycles. The topological polar surface area (TPSA) is 75.6 Å². The van der Waals surface area contributed by atoms with E-state index in [-0.39, 0.29) is 5.91 Å². The van der Waals surface area contributed by atoms with Gasteiger partial charge in [0.2, 0.25) is 5.91 Å². The third-order valence-electron chi connectivity index (χ3n) is 1.29. The van der Waals surface area contributed by atoms with E-state index in [2.05, 4.69) is 5.32 Å². The largest absolute Gasteiger partial charge is 0.464 e. The van der Waals surface area contributed by atoms with Gasteiger partial charge in [0.05, 0.1) is 13.2 Å². The Kier molecular flexibility index (Phi) is 5.88. The van der Waals surface area contributed by atoms with Crippen LogP contribution < -0.4 is 5.32 Å². The highest BCUT2D eigenvalue weighted by atomic mass is 16.5. The number of esters is 1. The minimum absolute atomic E-state index is 0.301. The van der Waals surface area contributed by atoms with Crippen LogP contribution in [0.3, 0.4) is 0 Å². The molecule has 13 heavy (non-hydrogen) atoms. The minimum atomic E-state index is -0.941. The molecule has 5 nitrogen and oxygen atoms in total. The lowest BCUT2D eigenvalue weighted by Gasteiger charge is -2.13. The van der Waals surface area contributed by atoms with Gasteiger partial charge in [0.15, 0.2) is 6.04 Å². The molecule has 76 valence electrons. The second-order valence-corrected chi connectivity index (χ2v) is 2.60. The maximum Gasteiger partial charge on any atom is 0.331 e. The molecule has 0 saturated heterocycles. The number of nitrogens with one attached hydrogen (secondary N) is 1. The van der Waals surface area contributed by atoms with E-state index in [9.17, 15) is 9.59 Å². The summed E-state index contributed by atoms with van der Waals surface area (Å²) in [4.78, 5) is 21.6. The van der Waals surface area contributed by atoms with Crippen LogP contribution in [-0.4, -0.2) is 36.2 Å². The fourth-order valence-corrected chi connectivity index (χ4v) is 0.728. The lowest BCUT2D eigenvalue weighted by Crippen LogP contribution is -2.43. The molecule has 0 aromatic heterocycles. The summed E-state index contributed by atoms with van der Waals surface area (Å²) in [7, 11) is 0. The Balaban J connectivity index is 3.92. The van der Waals surface area contributed by atoms with Gasteiger partial charge in [-0.3, -0.25) is 4.79 Å². The first-order valence-corrected chi connectivity index (χ1v) is 4.16. The van der Waals surface area contributed by atoms with Crippen LogP contribution in [0.2, 0.25) is 0 Å². The Labute approximate surface area is 77.1 Å². The van der Waals surface area contributed by atoms with Gasteiger partial charge in [-0.15, -0.1) is 0 Å². The molecular weight excluding hydrogens is 174 g/mol. The van der Waals surface area contributed by atoms with E-state index in [1.807, 2.05) is 6.92 Å². The molecule has 0 spiro atoms. The molecule has 0 rings (SSSR count). The molecule has 0 fully saturated rings. The fourth-order valence-electron chi connectivity index (χ4n) is 0.728. The zero-order valence-electron chi connectivity index (χ0n) is 7.87. The minimum Gasteiger partial charge on any atom is -0.464 e. The van der Waals surface area contributed by atoms with Crippen molar-refractivity contribution in [3.8, 4) is 0 Å². The first-order chi connectivity index (χ1) is 6.11. The van der Waals surface area contributed by atoms with Crippen molar-refractivity contribution in [1.82, 2.24) is 5.32 Å². The monoisotopic (exact) mass is 189 g/mol. The smallest absolute Gasteiger partial charge is 0.331 e. The summed E-state index contributed by atoms with van der Waals surface area (Å²) < 4.78 is 4.73. The highest BCUT2D eigenvalue weighted by Gasteiger charge is 2.19. The third kappa shape index (κ3) is 5.19. The normalized spacial score (nSPS) is 11.9. The van der Waals surface area contributed by atoms with Gasteiger partial charge in [-0.1, -0.05) is 6.92 Å². The van der Waals surface area contributed by atoms with Crippen molar-refractivity contribution in [2.24, 2.45) is 0 Å². The van der Waals surface area contributed by atoms with Crippen molar-refractivity contribution in [2.45, 2.75) is 26.3 Å². The Morgan fingerprint density at radius 2 is 2.15 bits per heavy atom. The molecule has 1 atom stereocenters. The first kappa shape index (κ1) is 11.9. The van der Waals surface area contributed by atoms with E-state index in [4.69, 9.17) is 9.84 Å². The molecule has 0 heterocycles. The maximum absolute atomic E-state index is 11.1. The highest BCUT2D eigenvalue weighted by molar-refractivity contribution is 5.83. The van der Waals surface area contributed by atoms with Crippen LogP contribution in [0.15, 0.2) is 0 Å². The molecule has 0 aromatic carbocycles. The number of aliphatic hydroxyl groups is 1. The number of aliphatic hydroxyl groups excluding tert-OH is 1. The van der Waals surface area contributed by atoms with Gasteiger partial charge in [-0.2, -0.15) is 0 Å². The summed E-state index contributed by atoms with van der Waals surface area (Å²) in [5.41, 5.74) is 0. The van der Waals surface area contributed by atoms with E-state index in [1.54, 1.807) is 0 Å². The van der Waals surface area contributed by atoms with Gasteiger partial charge >= 0.3 is 5.97 Å². The van der Waals surface area contributed by atoms with Gasteiger partial charge in [0, 0.05) is 6.92 Å². The van der Waals surface area contributed by atoms with E-state index >= 15 is 0 Å². The zero-order chi connectivity index (χ0) is 10.3. The first-order valence-electron chi connectivity index (χ1n) is 4.16. The number of rotatable bonds is 5. The molecule has 2 N–H and O–H groups in total. The van der Waals surface area contributed by atoms with E-state index in [1.165, 1.54) is 6.92 Å². The molecule has 0 radical (unpaired) electrons. The van der Waals surface area contributed by atoms with Crippen molar-refractivity contribution in [3.63, 3.8) is 0 Å². The summed E-state index contributed by atoms with van der Waals surface area (Å²) >= 11 is 0. The van der Waals surface area contributed by atoms with E-state index in [0.29, 0.717) is 13.0 Å². The lowest BCUT2D eigenvalue weighted by molar-refractivity contribution is -0.148. The van der Waals surface area contributed by atoms with E-state index in [0.717, 1.165) is 0 Å². The van der Waals surface area contributed by atoms with Crippen molar-refractivity contribution in [1.29, 1.82) is 0 Å². The zero-order valence-corrected chi connectivity index (χ0v) is 7.87. The average Bonchev–Trinajstić information content (AvgIpc) is 2.09. The molecule has 0 aromatic rings. The number of hydrogen-bond donors (Lipinski definition) is 2. The number of carbonyl (C=O) groups is 2. The standard InChI is InChI=1S/C8H15NO4/c1-3-4-13-8(12)7(5-10)9-6(2)11/h7,10H,3-5H2,1-2H3,(H,9,11). The van der Waals surface area contributed by atoms with Gasteiger partial charge in [-0.25, -0.2) is 4.79 Å². The van der Waals surface area contributed by atoms with Crippen LogP contribution in [0, 0.1) is 0 Å². The molecule has 0 bridgehead atoms. The Bertz CT molecular complexity index is 181. The molecular formula is C8H15NO4. The van der Waals surface area contributed by atoms with Crippen LogP contribution >= 0.6 is 0 Å². The van der Waals surface area contributed by atoms with Crippen molar-refractivity contribution >= 4 is 11.9 Å². The van der Waals surface area contributed by atoms with Gasteiger partial charge in [-0.05, 0) is 6.42 Å². The SMILES string of the molecule is CCCOC(=O)C(CO)NC(C)=O.